The van der Waals surface area contributed by atoms with Crippen LogP contribution in [0.1, 0.15) is 16.8 Å². The molecule has 0 aliphatic carbocycles. The second kappa shape index (κ2) is 7.88. The molecule has 0 saturated heterocycles. The Balaban J connectivity index is 1.73. The predicted octanol–water partition coefficient (Wildman–Crippen LogP) is 2.23. The number of para-hydroxylation sites is 1. The van der Waals surface area contributed by atoms with E-state index in [4.69, 9.17) is 0 Å². The Kier molecular flexibility index (Phi) is 5.62. The summed E-state index contributed by atoms with van der Waals surface area (Å²) in [5.74, 6) is -2.75. The molecule has 0 atom stereocenters. The van der Waals surface area contributed by atoms with Gasteiger partial charge in [-0.3, -0.25) is 20.4 Å². The Hall–Kier alpha value is -2.96. The summed E-state index contributed by atoms with van der Waals surface area (Å²) in [6.45, 7) is 0.0257. The van der Waals surface area contributed by atoms with Gasteiger partial charge in [0.2, 0.25) is 5.91 Å². The summed E-state index contributed by atoms with van der Waals surface area (Å²) in [6.07, 6.45) is 0.00832. The average Bonchev–Trinajstić information content (AvgIpc) is 2.53. The topological polar surface area (TPSA) is 70.2 Å². The standard InChI is InChI=1S/C16H15F2N3O2/c17-11-6-7-13(14(18)10-11)16(23)19-9-8-15(22)21-20-12-4-2-1-3-5-12/h1-7,10,20H,8-9H2,(H,19,23)(H,21,22). The van der Waals surface area contributed by atoms with Crippen molar-refractivity contribution in [3.05, 3.63) is 65.7 Å². The van der Waals surface area contributed by atoms with Crippen molar-refractivity contribution in [2.45, 2.75) is 6.42 Å². The van der Waals surface area contributed by atoms with Crippen LogP contribution < -0.4 is 16.2 Å². The molecule has 2 rings (SSSR count). The van der Waals surface area contributed by atoms with E-state index in [9.17, 15) is 18.4 Å². The fourth-order valence-corrected chi connectivity index (χ4v) is 1.78. The fraction of sp³-hybridized carbons (Fsp3) is 0.125. The molecule has 0 aliphatic rings. The molecular weight excluding hydrogens is 304 g/mol. The number of benzene rings is 2. The van der Waals surface area contributed by atoms with Crippen LogP contribution in [0.4, 0.5) is 14.5 Å². The lowest BCUT2D eigenvalue weighted by atomic mass is 10.2. The molecule has 2 amide bonds. The van der Waals surface area contributed by atoms with Crippen LogP contribution in [0.3, 0.4) is 0 Å². The van der Waals surface area contributed by atoms with Gasteiger partial charge in [0, 0.05) is 19.0 Å². The van der Waals surface area contributed by atoms with Crippen LogP contribution in [0, 0.1) is 11.6 Å². The van der Waals surface area contributed by atoms with E-state index >= 15 is 0 Å². The number of halogens is 2. The molecule has 0 spiro atoms. The highest BCUT2D eigenvalue weighted by atomic mass is 19.1. The van der Waals surface area contributed by atoms with Crippen LogP contribution in [0.25, 0.3) is 0 Å². The van der Waals surface area contributed by atoms with E-state index in [0.717, 1.165) is 17.8 Å². The lowest BCUT2D eigenvalue weighted by molar-refractivity contribution is -0.120. The monoisotopic (exact) mass is 319 g/mol. The fourth-order valence-electron chi connectivity index (χ4n) is 1.78. The van der Waals surface area contributed by atoms with Crippen molar-refractivity contribution >= 4 is 17.5 Å². The Morgan fingerprint density at radius 2 is 1.74 bits per heavy atom. The first kappa shape index (κ1) is 16.4. The van der Waals surface area contributed by atoms with Gasteiger partial charge in [0.25, 0.3) is 5.91 Å². The van der Waals surface area contributed by atoms with E-state index in [2.05, 4.69) is 16.2 Å². The molecule has 0 heterocycles. The van der Waals surface area contributed by atoms with Crippen molar-refractivity contribution in [1.29, 1.82) is 0 Å². The maximum atomic E-state index is 13.4. The van der Waals surface area contributed by atoms with Gasteiger partial charge in [-0.25, -0.2) is 8.78 Å². The zero-order chi connectivity index (χ0) is 16.7. The predicted molar refractivity (Wildman–Crippen MR) is 81.5 cm³/mol. The van der Waals surface area contributed by atoms with Crippen molar-refractivity contribution in [3.63, 3.8) is 0 Å². The van der Waals surface area contributed by atoms with Crippen molar-refractivity contribution in [1.82, 2.24) is 10.7 Å². The van der Waals surface area contributed by atoms with E-state index in [1.807, 2.05) is 18.2 Å². The molecule has 3 N–H and O–H groups in total. The maximum Gasteiger partial charge on any atom is 0.254 e. The van der Waals surface area contributed by atoms with E-state index in [0.29, 0.717) is 6.07 Å². The van der Waals surface area contributed by atoms with Crippen LogP contribution >= 0.6 is 0 Å². The summed E-state index contributed by atoms with van der Waals surface area (Å²) >= 11 is 0. The van der Waals surface area contributed by atoms with Gasteiger partial charge in [-0.05, 0) is 24.3 Å². The van der Waals surface area contributed by atoms with E-state index in [1.54, 1.807) is 12.1 Å². The Labute approximate surface area is 131 Å². The summed E-state index contributed by atoms with van der Waals surface area (Å²) in [4.78, 5) is 23.3. The first-order chi connectivity index (χ1) is 11.1. The molecule has 0 saturated carbocycles. The van der Waals surface area contributed by atoms with Gasteiger partial charge in [0.05, 0.1) is 11.3 Å². The second-order valence-corrected chi connectivity index (χ2v) is 4.67. The minimum atomic E-state index is -0.947. The number of rotatable bonds is 6. The molecule has 2 aromatic rings. The van der Waals surface area contributed by atoms with Gasteiger partial charge in [0.1, 0.15) is 11.6 Å². The lowest BCUT2D eigenvalue weighted by Crippen LogP contribution is -2.33. The van der Waals surface area contributed by atoms with Gasteiger partial charge in [-0.2, -0.15) is 0 Å². The van der Waals surface area contributed by atoms with Crippen molar-refractivity contribution in [2.75, 3.05) is 12.0 Å². The maximum absolute atomic E-state index is 13.4. The molecule has 120 valence electrons. The zero-order valence-corrected chi connectivity index (χ0v) is 12.1. The van der Waals surface area contributed by atoms with Gasteiger partial charge in [-0.15, -0.1) is 0 Å². The first-order valence-corrected chi connectivity index (χ1v) is 6.89. The normalized spacial score (nSPS) is 10.0. The number of hydrogen-bond acceptors (Lipinski definition) is 3. The third-order valence-corrected chi connectivity index (χ3v) is 2.93. The molecule has 0 unspecified atom stereocenters. The average molecular weight is 319 g/mol. The molecule has 0 aromatic heterocycles. The molecule has 23 heavy (non-hydrogen) atoms. The van der Waals surface area contributed by atoms with Gasteiger partial charge in [-0.1, -0.05) is 18.2 Å². The summed E-state index contributed by atoms with van der Waals surface area (Å²) in [5.41, 5.74) is 5.63. The van der Waals surface area contributed by atoms with Gasteiger partial charge < -0.3 is 5.32 Å². The number of anilines is 1. The highest BCUT2D eigenvalue weighted by molar-refractivity contribution is 5.94. The molecule has 5 nitrogen and oxygen atoms in total. The SMILES string of the molecule is O=C(CCNC(=O)c1ccc(F)cc1F)NNc1ccccc1. The van der Waals surface area contributed by atoms with Crippen LogP contribution in [0.5, 0.6) is 0 Å². The molecule has 0 fully saturated rings. The Morgan fingerprint density at radius 3 is 2.43 bits per heavy atom. The largest absolute Gasteiger partial charge is 0.351 e. The number of hydrazine groups is 1. The summed E-state index contributed by atoms with van der Waals surface area (Å²) in [7, 11) is 0. The summed E-state index contributed by atoms with van der Waals surface area (Å²) < 4.78 is 26.2. The molecule has 0 radical (unpaired) electrons. The Morgan fingerprint density at radius 1 is 1.00 bits per heavy atom. The third kappa shape index (κ3) is 5.06. The summed E-state index contributed by atoms with van der Waals surface area (Å²) in [6, 6.07) is 11.7. The molecule has 2 aromatic carbocycles. The van der Waals surface area contributed by atoms with Crippen molar-refractivity contribution in [2.24, 2.45) is 0 Å². The van der Waals surface area contributed by atoms with Crippen molar-refractivity contribution in [3.8, 4) is 0 Å². The van der Waals surface area contributed by atoms with Crippen LogP contribution in [0.15, 0.2) is 48.5 Å². The second-order valence-electron chi connectivity index (χ2n) is 4.67. The number of carbonyl (C=O) groups is 2. The number of hydrogen-bond donors (Lipinski definition) is 3. The van der Waals surface area contributed by atoms with Crippen LogP contribution in [-0.2, 0) is 4.79 Å². The highest BCUT2D eigenvalue weighted by Crippen LogP contribution is 2.09. The first-order valence-electron chi connectivity index (χ1n) is 6.89. The van der Waals surface area contributed by atoms with E-state index < -0.39 is 17.5 Å². The lowest BCUT2D eigenvalue weighted by Gasteiger charge is -2.09. The molecule has 0 bridgehead atoms. The quantitative estimate of drug-likeness (QED) is 0.715. The molecule has 0 aliphatic heterocycles. The highest BCUT2D eigenvalue weighted by Gasteiger charge is 2.12. The van der Waals surface area contributed by atoms with E-state index in [1.165, 1.54) is 0 Å². The number of nitrogens with one attached hydrogen (secondary N) is 3. The zero-order valence-electron chi connectivity index (χ0n) is 12.1. The smallest absolute Gasteiger partial charge is 0.254 e. The number of carbonyl (C=O) groups excluding carboxylic acids is 2. The molecular formula is C16H15F2N3O2. The third-order valence-electron chi connectivity index (χ3n) is 2.93. The van der Waals surface area contributed by atoms with Gasteiger partial charge in [0.15, 0.2) is 0 Å². The van der Waals surface area contributed by atoms with Crippen LogP contribution in [-0.4, -0.2) is 18.4 Å². The van der Waals surface area contributed by atoms with Gasteiger partial charge >= 0.3 is 0 Å². The minimum absolute atomic E-state index is 0.00832. The molecule has 7 heteroatoms. The van der Waals surface area contributed by atoms with Crippen molar-refractivity contribution < 1.29 is 18.4 Å². The Bertz CT molecular complexity index is 693. The van der Waals surface area contributed by atoms with Crippen LogP contribution in [0.2, 0.25) is 0 Å². The summed E-state index contributed by atoms with van der Waals surface area (Å²) in [5, 5.41) is 2.40. The van der Waals surface area contributed by atoms with E-state index in [-0.39, 0.29) is 24.4 Å². The number of amides is 2. The minimum Gasteiger partial charge on any atom is -0.351 e.